The number of pyridine rings is 1. The Kier molecular flexibility index (Phi) is 4.63. The molecule has 0 radical (unpaired) electrons. The third kappa shape index (κ3) is 3.41. The van der Waals surface area contributed by atoms with Gasteiger partial charge in [0.15, 0.2) is 5.12 Å². The fraction of sp³-hybridized carbons (Fsp3) is 0.533. The third-order valence-electron chi connectivity index (χ3n) is 3.80. The lowest BCUT2D eigenvalue weighted by Crippen LogP contribution is -2.36. The van der Waals surface area contributed by atoms with E-state index in [1.165, 1.54) is 18.7 Å². The predicted octanol–water partition coefficient (Wildman–Crippen LogP) is 1.30. The van der Waals surface area contributed by atoms with Crippen LogP contribution in [0.2, 0.25) is 0 Å². The number of carbonyl (C=O) groups is 2. The number of ether oxygens (including phenoxy) is 1. The predicted molar refractivity (Wildman–Crippen MR) is 86.3 cm³/mol. The van der Waals surface area contributed by atoms with Crippen LogP contribution in [0.3, 0.4) is 0 Å². The molecule has 2 aliphatic heterocycles. The van der Waals surface area contributed by atoms with Crippen LogP contribution in [0.15, 0.2) is 18.3 Å². The fourth-order valence-electron chi connectivity index (χ4n) is 2.76. The SMILES string of the molecule is CC(=O)SC1CC(=O)N(c2ccc(N3CCOCC3)nc2)C1. The highest BCUT2D eigenvalue weighted by atomic mass is 32.2. The fourth-order valence-corrected chi connectivity index (χ4v) is 3.67. The zero-order chi connectivity index (χ0) is 15.5. The standard InChI is InChI=1S/C15H19N3O3S/c1-11(19)22-13-8-15(20)18(10-13)12-2-3-14(16-9-12)17-4-6-21-7-5-17/h2-3,9,13H,4-8,10H2,1H3. The molecular weight excluding hydrogens is 302 g/mol. The zero-order valence-corrected chi connectivity index (χ0v) is 13.3. The summed E-state index contributed by atoms with van der Waals surface area (Å²) >= 11 is 1.25. The van der Waals surface area contributed by atoms with Crippen molar-refractivity contribution >= 4 is 34.3 Å². The van der Waals surface area contributed by atoms with Crippen molar-refractivity contribution in [2.45, 2.75) is 18.6 Å². The summed E-state index contributed by atoms with van der Waals surface area (Å²) < 4.78 is 5.33. The Hall–Kier alpha value is -1.60. The number of anilines is 2. The monoisotopic (exact) mass is 321 g/mol. The Morgan fingerprint density at radius 2 is 2.14 bits per heavy atom. The second-order valence-corrected chi connectivity index (χ2v) is 6.89. The van der Waals surface area contributed by atoms with Crippen LogP contribution in [0, 0.1) is 0 Å². The topological polar surface area (TPSA) is 62.7 Å². The number of nitrogens with zero attached hydrogens (tertiary/aromatic N) is 3. The molecule has 118 valence electrons. The highest BCUT2D eigenvalue weighted by Gasteiger charge is 2.32. The molecule has 1 aromatic rings. The number of amides is 1. The van der Waals surface area contributed by atoms with E-state index in [2.05, 4.69) is 9.88 Å². The number of aromatic nitrogens is 1. The minimum absolute atomic E-state index is 0.0453. The van der Waals surface area contributed by atoms with Gasteiger partial charge in [0.25, 0.3) is 0 Å². The Morgan fingerprint density at radius 1 is 1.36 bits per heavy atom. The first-order chi connectivity index (χ1) is 10.6. The van der Waals surface area contributed by atoms with E-state index in [4.69, 9.17) is 4.74 Å². The van der Waals surface area contributed by atoms with E-state index >= 15 is 0 Å². The van der Waals surface area contributed by atoms with Gasteiger partial charge < -0.3 is 14.5 Å². The van der Waals surface area contributed by atoms with E-state index in [9.17, 15) is 9.59 Å². The summed E-state index contributed by atoms with van der Waals surface area (Å²) in [7, 11) is 0. The van der Waals surface area contributed by atoms with Crippen molar-refractivity contribution in [2.75, 3.05) is 42.6 Å². The van der Waals surface area contributed by atoms with Crippen LogP contribution >= 0.6 is 11.8 Å². The molecule has 0 N–H and O–H groups in total. The average molecular weight is 321 g/mol. The van der Waals surface area contributed by atoms with Gasteiger partial charge in [-0.1, -0.05) is 11.8 Å². The number of rotatable bonds is 3. The van der Waals surface area contributed by atoms with Gasteiger partial charge >= 0.3 is 0 Å². The van der Waals surface area contributed by atoms with Crippen LogP contribution in [0.5, 0.6) is 0 Å². The molecule has 6 nitrogen and oxygen atoms in total. The maximum atomic E-state index is 12.1. The molecule has 0 aliphatic carbocycles. The first-order valence-corrected chi connectivity index (χ1v) is 8.28. The Labute approximate surface area is 133 Å². The third-order valence-corrected chi connectivity index (χ3v) is 4.78. The van der Waals surface area contributed by atoms with Gasteiger partial charge in [-0.2, -0.15) is 0 Å². The summed E-state index contributed by atoms with van der Waals surface area (Å²) in [6.45, 7) is 5.23. The van der Waals surface area contributed by atoms with Crippen LogP contribution in [0.4, 0.5) is 11.5 Å². The molecule has 2 aliphatic rings. The smallest absolute Gasteiger partial charge is 0.228 e. The van der Waals surface area contributed by atoms with Crippen molar-refractivity contribution in [2.24, 2.45) is 0 Å². The van der Waals surface area contributed by atoms with Crippen molar-refractivity contribution < 1.29 is 14.3 Å². The largest absolute Gasteiger partial charge is 0.378 e. The summed E-state index contributed by atoms with van der Waals surface area (Å²) in [5, 5.41) is 0.101. The van der Waals surface area contributed by atoms with Crippen LogP contribution in [-0.4, -0.2) is 54.1 Å². The molecule has 2 saturated heterocycles. The van der Waals surface area contributed by atoms with Crippen LogP contribution in [0.25, 0.3) is 0 Å². The quantitative estimate of drug-likeness (QED) is 0.836. The molecule has 0 aromatic carbocycles. The van der Waals surface area contributed by atoms with E-state index < -0.39 is 0 Å². The molecule has 1 aromatic heterocycles. The second-order valence-electron chi connectivity index (χ2n) is 5.41. The summed E-state index contributed by atoms with van der Waals surface area (Å²) in [5.41, 5.74) is 0.800. The molecule has 1 unspecified atom stereocenters. The van der Waals surface area contributed by atoms with E-state index in [0.717, 1.165) is 37.8 Å². The number of hydrogen-bond donors (Lipinski definition) is 0. The van der Waals surface area contributed by atoms with Crippen LogP contribution < -0.4 is 9.80 Å². The van der Waals surface area contributed by atoms with E-state index in [0.29, 0.717) is 13.0 Å². The molecule has 1 atom stereocenters. The van der Waals surface area contributed by atoms with Crippen molar-refractivity contribution in [1.82, 2.24) is 4.98 Å². The van der Waals surface area contributed by atoms with Crippen LogP contribution in [0.1, 0.15) is 13.3 Å². The molecule has 1 amide bonds. The maximum Gasteiger partial charge on any atom is 0.228 e. The van der Waals surface area contributed by atoms with E-state index in [1.54, 1.807) is 11.1 Å². The van der Waals surface area contributed by atoms with Gasteiger partial charge in [-0.05, 0) is 12.1 Å². The summed E-state index contributed by atoms with van der Waals surface area (Å²) in [6.07, 6.45) is 2.15. The number of thioether (sulfide) groups is 1. The molecule has 0 saturated carbocycles. The molecule has 22 heavy (non-hydrogen) atoms. The Bertz CT molecular complexity index is 558. The molecule has 3 heterocycles. The van der Waals surface area contributed by atoms with Gasteiger partial charge in [0.1, 0.15) is 5.82 Å². The summed E-state index contributed by atoms with van der Waals surface area (Å²) in [4.78, 5) is 31.6. The van der Waals surface area contributed by atoms with Gasteiger partial charge in [-0.3, -0.25) is 9.59 Å². The lowest BCUT2D eigenvalue weighted by Gasteiger charge is -2.28. The maximum absolute atomic E-state index is 12.1. The number of hydrogen-bond acceptors (Lipinski definition) is 6. The normalized spacial score (nSPS) is 22.2. The minimum atomic E-state index is 0.0453. The second kappa shape index (κ2) is 6.66. The molecule has 2 fully saturated rings. The number of morpholine rings is 1. The van der Waals surface area contributed by atoms with Crippen molar-refractivity contribution in [3.8, 4) is 0 Å². The van der Waals surface area contributed by atoms with Gasteiger partial charge in [0.2, 0.25) is 5.91 Å². The average Bonchev–Trinajstić information content (AvgIpc) is 2.88. The first-order valence-electron chi connectivity index (χ1n) is 7.40. The lowest BCUT2D eigenvalue weighted by atomic mass is 10.3. The lowest BCUT2D eigenvalue weighted by molar-refractivity contribution is -0.117. The zero-order valence-electron chi connectivity index (χ0n) is 12.5. The Morgan fingerprint density at radius 3 is 2.77 bits per heavy atom. The van der Waals surface area contributed by atoms with Crippen LogP contribution in [-0.2, 0) is 14.3 Å². The molecule has 0 spiro atoms. The van der Waals surface area contributed by atoms with Crippen molar-refractivity contribution in [1.29, 1.82) is 0 Å². The number of carbonyl (C=O) groups excluding carboxylic acids is 2. The van der Waals surface area contributed by atoms with Gasteiger partial charge in [-0.25, -0.2) is 4.98 Å². The first kappa shape index (κ1) is 15.3. The molecule has 3 rings (SSSR count). The van der Waals surface area contributed by atoms with Gasteiger partial charge in [0, 0.05) is 38.2 Å². The Balaban J connectivity index is 1.67. The highest BCUT2D eigenvalue weighted by Crippen LogP contribution is 2.29. The minimum Gasteiger partial charge on any atom is -0.378 e. The van der Waals surface area contributed by atoms with Gasteiger partial charge in [-0.15, -0.1) is 0 Å². The highest BCUT2D eigenvalue weighted by molar-refractivity contribution is 8.14. The summed E-state index contributed by atoms with van der Waals surface area (Å²) in [5.74, 6) is 0.966. The van der Waals surface area contributed by atoms with E-state index in [-0.39, 0.29) is 16.3 Å². The van der Waals surface area contributed by atoms with Crippen molar-refractivity contribution in [3.05, 3.63) is 18.3 Å². The molecular formula is C15H19N3O3S. The molecule has 7 heteroatoms. The molecule has 0 bridgehead atoms. The summed E-state index contributed by atoms with van der Waals surface area (Å²) in [6, 6.07) is 3.87. The van der Waals surface area contributed by atoms with E-state index in [1.807, 2.05) is 12.1 Å². The van der Waals surface area contributed by atoms with Crippen molar-refractivity contribution in [3.63, 3.8) is 0 Å². The van der Waals surface area contributed by atoms with Gasteiger partial charge in [0.05, 0.1) is 25.1 Å².